The third-order valence-corrected chi connectivity index (χ3v) is 10.1. The van der Waals surface area contributed by atoms with Crippen molar-refractivity contribution in [3.05, 3.63) is 35.5 Å². The van der Waals surface area contributed by atoms with Gasteiger partial charge in [0.2, 0.25) is 0 Å². The monoisotopic (exact) mass is 311 g/mol. The van der Waals surface area contributed by atoms with Gasteiger partial charge in [-0.3, -0.25) is 0 Å². The number of hydrogen-bond acceptors (Lipinski definition) is 0. The molecule has 0 unspecified atom stereocenters. The van der Waals surface area contributed by atoms with Crippen molar-refractivity contribution in [3.63, 3.8) is 0 Å². The van der Waals surface area contributed by atoms with Gasteiger partial charge in [0.25, 0.3) is 0 Å². The zero-order valence-electron chi connectivity index (χ0n) is 13.4. The molecule has 0 N–H and O–H groups in total. The molecule has 20 heavy (non-hydrogen) atoms. The average molecular weight is 312 g/mol. The number of aromatic nitrogens is 1. The van der Waals surface area contributed by atoms with Crippen LogP contribution in [0, 0.1) is 0 Å². The topological polar surface area (TPSA) is 4.93 Å². The normalized spacial score (nSPS) is 13.9. The minimum atomic E-state index is -0.967. The summed E-state index contributed by atoms with van der Waals surface area (Å²) >= 11 is 6.36. The quantitative estimate of drug-likeness (QED) is 0.644. The number of fused-ring (bicyclic) bond motifs is 1. The van der Waals surface area contributed by atoms with Gasteiger partial charge in [0, 0.05) is 32.4 Å². The Morgan fingerprint density at radius 1 is 0.900 bits per heavy atom. The molecule has 0 aliphatic carbocycles. The Hall–Kier alpha value is -0.600. The van der Waals surface area contributed by atoms with Crippen LogP contribution in [-0.2, 0) is 0 Å². The van der Waals surface area contributed by atoms with Gasteiger partial charge in [0.05, 0.1) is 5.52 Å². The maximum Gasteiger partial charge on any atom is 0.0589 e. The highest BCUT2D eigenvalue weighted by molar-refractivity contribution is 8.33. The molecule has 0 spiro atoms. The highest BCUT2D eigenvalue weighted by Gasteiger charge is 2.37. The lowest BCUT2D eigenvalue weighted by atomic mass is 10.2. The van der Waals surface area contributed by atoms with Crippen LogP contribution < -0.4 is 0 Å². The van der Waals surface area contributed by atoms with E-state index >= 15 is 0 Å². The van der Waals surface area contributed by atoms with Gasteiger partial charge >= 0.3 is 0 Å². The second-order valence-electron chi connectivity index (χ2n) is 6.18. The molecule has 1 heterocycles. The second-order valence-corrected chi connectivity index (χ2v) is 11.3. The summed E-state index contributed by atoms with van der Waals surface area (Å²) < 4.78 is 2.55. The molecular formula is C17H26ClNS. The SMILES string of the molecule is CC(C)S(C(C)C)(C(C)C)n1ccc2c(Cl)cccc21. The summed E-state index contributed by atoms with van der Waals surface area (Å²) in [6.45, 7) is 14.2. The molecule has 0 saturated heterocycles. The van der Waals surface area contributed by atoms with Crippen LogP contribution in [-0.4, -0.2) is 19.7 Å². The molecule has 0 bridgehead atoms. The Kier molecular flexibility index (Phi) is 4.46. The van der Waals surface area contributed by atoms with Gasteiger partial charge in [-0.1, -0.05) is 59.2 Å². The van der Waals surface area contributed by atoms with E-state index in [-0.39, 0.29) is 0 Å². The first-order chi connectivity index (χ1) is 9.33. The lowest BCUT2D eigenvalue weighted by molar-refractivity contribution is 0.915. The molecular weight excluding hydrogens is 286 g/mol. The number of rotatable bonds is 4. The van der Waals surface area contributed by atoms with Crippen molar-refractivity contribution in [2.45, 2.75) is 57.3 Å². The van der Waals surface area contributed by atoms with Crippen molar-refractivity contribution in [3.8, 4) is 0 Å². The molecule has 0 radical (unpaired) electrons. The van der Waals surface area contributed by atoms with Gasteiger partial charge in [-0.05, 0) is 18.2 Å². The summed E-state index contributed by atoms with van der Waals surface area (Å²) in [4.78, 5) is 0. The lowest BCUT2D eigenvalue weighted by Gasteiger charge is -2.52. The zero-order chi connectivity index (χ0) is 15.1. The third kappa shape index (κ3) is 2.17. The first kappa shape index (κ1) is 15.8. The minimum absolute atomic E-state index is 0.636. The molecule has 0 atom stereocenters. The first-order valence-corrected chi connectivity index (χ1v) is 9.55. The predicted octanol–water partition coefficient (Wildman–Crippen LogP) is 6.09. The van der Waals surface area contributed by atoms with Crippen LogP contribution in [0.25, 0.3) is 10.9 Å². The van der Waals surface area contributed by atoms with Crippen LogP contribution in [0.1, 0.15) is 41.5 Å². The maximum atomic E-state index is 6.36. The van der Waals surface area contributed by atoms with Crippen LogP contribution in [0.15, 0.2) is 30.5 Å². The molecule has 2 rings (SSSR count). The standard InChI is InChI=1S/C17H26ClNS/c1-12(2)20(13(3)4,14(5)6)19-11-10-15-16(18)8-7-9-17(15)19/h7-14H,1-6H3. The minimum Gasteiger partial charge on any atom is -0.309 e. The fraction of sp³-hybridized carbons (Fsp3) is 0.529. The van der Waals surface area contributed by atoms with E-state index in [0.717, 1.165) is 5.02 Å². The molecule has 112 valence electrons. The molecule has 0 amide bonds. The van der Waals surface area contributed by atoms with Crippen molar-refractivity contribution in [1.82, 2.24) is 3.97 Å². The number of benzene rings is 1. The van der Waals surface area contributed by atoms with Crippen molar-refractivity contribution < 1.29 is 0 Å². The summed E-state index contributed by atoms with van der Waals surface area (Å²) in [5.41, 5.74) is 1.28. The van der Waals surface area contributed by atoms with Crippen molar-refractivity contribution >= 4 is 32.7 Å². The molecule has 0 aliphatic rings. The third-order valence-electron chi connectivity index (χ3n) is 4.25. The number of nitrogens with zero attached hydrogens (tertiary/aromatic N) is 1. The number of hydrogen-bond donors (Lipinski definition) is 0. The predicted molar refractivity (Wildman–Crippen MR) is 95.3 cm³/mol. The highest BCUT2D eigenvalue weighted by Crippen LogP contribution is 2.62. The summed E-state index contributed by atoms with van der Waals surface area (Å²) in [5, 5.41) is 3.94. The molecule has 1 aromatic carbocycles. The van der Waals surface area contributed by atoms with Gasteiger partial charge in [0.15, 0.2) is 0 Å². The van der Waals surface area contributed by atoms with Gasteiger partial charge in [-0.15, -0.1) is 0 Å². The van der Waals surface area contributed by atoms with Gasteiger partial charge in [-0.25, -0.2) is 0 Å². The van der Waals surface area contributed by atoms with E-state index in [1.165, 1.54) is 10.9 Å². The summed E-state index contributed by atoms with van der Waals surface area (Å²) in [6.07, 6.45) is 2.26. The van der Waals surface area contributed by atoms with Crippen LogP contribution >= 0.6 is 21.8 Å². The fourth-order valence-corrected chi connectivity index (χ4v) is 9.33. The number of halogens is 1. The maximum absolute atomic E-state index is 6.36. The zero-order valence-corrected chi connectivity index (χ0v) is 14.9. The molecule has 2 aromatic rings. The molecule has 1 aromatic heterocycles. The lowest BCUT2D eigenvalue weighted by Crippen LogP contribution is -2.33. The average Bonchev–Trinajstić information content (AvgIpc) is 2.74. The van der Waals surface area contributed by atoms with Gasteiger partial charge in [0.1, 0.15) is 0 Å². The molecule has 3 heteroatoms. The summed E-state index contributed by atoms with van der Waals surface area (Å²) in [5.74, 6) is 0. The van der Waals surface area contributed by atoms with E-state index in [2.05, 4.69) is 69.9 Å². The Bertz CT molecular complexity index is 576. The first-order valence-electron chi connectivity index (χ1n) is 7.39. The largest absolute Gasteiger partial charge is 0.309 e. The smallest absolute Gasteiger partial charge is 0.0589 e. The van der Waals surface area contributed by atoms with E-state index < -0.39 is 10.2 Å². The highest BCUT2D eigenvalue weighted by atomic mass is 35.5. The second kappa shape index (κ2) is 5.65. The van der Waals surface area contributed by atoms with Crippen molar-refractivity contribution in [2.24, 2.45) is 0 Å². The Balaban J connectivity index is 2.79. The van der Waals surface area contributed by atoms with E-state index in [4.69, 9.17) is 11.6 Å². The van der Waals surface area contributed by atoms with Crippen LogP contribution in [0.4, 0.5) is 0 Å². The molecule has 0 saturated carbocycles. The van der Waals surface area contributed by atoms with Crippen LogP contribution in [0.3, 0.4) is 0 Å². The van der Waals surface area contributed by atoms with Crippen LogP contribution in [0.2, 0.25) is 5.02 Å². The summed E-state index contributed by atoms with van der Waals surface area (Å²) in [7, 11) is -0.967. The molecule has 0 fully saturated rings. The molecule has 1 nitrogen and oxygen atoms in total. The molecule has 0 aliphatic heterocycles. The van der Waals surface area contributed by atoms with E-state index in [9.17, 15) is 0 Å². The van der Waals surface area contributed by atoms with Gasteiger partial charge < -0.3 is 3.97 Å². The van der Waals surface area contributed by atoms with E-state index in [1.807, 2.05) is 6.07 Å². The Morgan fingerprint density at radius 3 is 1.95 bits per heavy atom. The van der Waals surface area contributed by atoms with Crippen LogP contribution in [0.5, 0.6) is 0 Å². The van der Waals surface area contributed by atoms with Gasteiger partial charge in [-0.2, -0.15) is 10.2 Å². The van der Waals surface area contributed by atoms with E-state index in [1.54, 1.807) is 0 Å². The fourth-order valence-electron chi connectivity index (χ4n) is 3.70. The van der Waals surface area contributed by atoms with Crippen molar-refractivity contribution in [2.75, 3.05) is 0 Å². The Labute approximate surface area is 129 Å². The Morgan fingerprint density at radius 2 is 1.45 bits per heavy atom. The van der Waals surface area contributed by atoms with E-state index in [0.29, 0.717) is 15.7 Å². The van der Waals surface area contributed by atoms with Crippen molar-refractivity contribution in [1.29, 1.82) is 0 Å². The summed E-state index contributed by atoms with van der Waals surface area (Å²) in [6, 6.07) is 8.42.